The summed E-state index contributed by atoms with van der Waals surface area (Å²) in [5.74, 6) is 3.63. The third-order valence-electron chi connectivity index (χ3n) is 9.38. The smallest absolute Gasteiger partial charge is 0.260 e. The van der Waals surface area contributed by atoms with Crippen molar-refractivity contribution in [2.45, 2.75) is 19.3 Å². The Morgan fingerprint density at radius 2 is 1.19 bits per heavy atom. The third kappa shape index (κ3) is 3.44. The Hall–Kier alpha value is -5.22. The van der Waals surface area contributed by atoms with Gasteiger partial charge in [0.05, 0.1) is 0 Å². The number of ether oxygens (including phenoxy) is 2. The van der Waals surface area contributed by atoms with Gasteiger partial charge in [-0.2, -0.15) is 0 Å². The number of rotatable bonds is 3. The molecule has 204 valence electrons. The Labute approximate surface area is 252 Å². The molecule has 43 heavy (non-hydrogen) atoms. The van der Waals surface area contributed by atoms with Gasteiger partial charge in [0.25, 0.3) is 6.71 Å². The molecule has 0 radical (unpaired) electrons. The maximum Gasteiger partial charge on any atom is 0.260 e. The number of nitrogens with zero attached hydrogens (tertiary/aromatic N) is 1. The molecule has 0 spiro atoms. The molecule has 0 fully saturated rings. The van der Waals surface area contributed by atoms with Gasteiger partial charge in [0.1, 0.15) is 23.0 Å². The molecule has 0 amide bonds. The van der Waals surface area contributed by atoms with Crippen LogP contribution in [0.1, 0.15) is 25.0 Å². The fraction of sp³-hybridized carbons (Fsp3) is 0.0769. The van der Waals surface area contributed by atoms with Crippen LogP contribution in [0.3, 0.4) is 0 Å². The summed E-state index contributed by atoms with van der Waals surface area (Å²) in [6, 6.07) is 47.3. The van der Waals surface area contributed by atoms with E-state index in [1.165, 1.54) is 33.2 Å². The van der Waals surface area contributed by atoms with Gasteiger partial charge in [-0.15, -0.1) is 0 Å². The highest BCUT2D eigenvalue weighted by molar-refractivity contribution is 6.98. The van der Waals surface area contributed by atoms with Crippen LogP contribution in [0.15, 0.2) is 133 Å². The lowest BCUT2D eigenvalue weighted by atomic mass is 9.34. The van der Waals surface area contributed by atoms with Gasteiger partial charge in [-0.1, -0.05) is 92.7 Å². The summed E-state index contributed by atoms with van der Waals surface area (Å²) in [6.07, 6.45) is 0. The summed E-state index contributed by atoms with van der Waals surface area (Å²) < 4.78 is 13.2. The largest absolute Gasteiger partial charge is 0.458 e. The van der Waals surface area contributed by atoms with E-state index in [0.717, 1.165) is 45.5 Å². The van der Waals surface area contributed by atoms with Gasteiger partial charge in [-0.25, -0.2) is 0 Å². The average molecular weight is 553 g/mol. The lowest BCUT2D eigenvalue weighted by Crippen LogP contribution is -2.57. The predicted molar refractivity (Wildman–Crippen MR) is 176 cm³/mol. The molecule has 3 aliphatic rings. The number of hydrogen-bond acceptors (Lipinski definition) is 3. The minimum atomic E-state index is -0.201. The van der Waals surface area contributed by atoms with Crippen molar-refractivity contribution < 1.29 is 9.47 Å². The molecule has 2 heterocycles. The Balaban J connectivity index is 1.25. The first-order valence-corrected chi connectivity index (χ1v) is 14.9. The molecule has 3 nitrogen and oxygen atoms in total. The average Bonchev–Trinajstić information content (AvgIpc) is 3.28. The molecule has 2 aliphatic heterocycles. The van der Waals surface area contributed by atoms with Gasteiger partial charge in [0.2, 0.25) is 0 Å². The first kappa shape index (κ1) is 24.4. The second kappa shape index (κ2) is 8.89. The molecule has 6 aromatic rings. The van der Waals surface area contributed by atoms with Crippen molar-refractivity contribution in [1.29, 1.82) is 0 Å². The monoisotopic (exact) mass is 553 g/mol. The van der Waals surface area contributed by atoms with Gasteiger partial charge < -0.3 is 14.4 Å². The summed E-state index contributed by atoms with van der Waals surface area (Å²) in [6.45, 7) is 4.73. The van der Waals surface area contributed by atoms with Gasteiger partial charge in [-0.05, 0) is 82.2 Å². The van der Waals surface area contributed by atoms with E-state index in [4.69, 9.17) is 9.47 Å². The van der Waals surface area contributed by atoms with E-state index in [1.54, 1.807) is 0 Å². The van der Waals surface area contributed by atoms with Crippen LogP contribution in [-0.2, 0) is 5.41 Å². The lowest BCUT2D eigenvalue weighted by Gasteiger charge is -2.34. The van der Waals surface area contributed by atoms with Crippen molar-refractivity contribution in [3.63, 3.8) is 0 Å². The third-order valence-corrected chi connectivity index (χ3v) is 9.38. The van der Waals surface area contributed by atoms with Crippen molar-refractivity contribution >= 4 is 40.2 Å². The Bertz CT molecular complexity index is 2030. The highest BCUT2D eigenvalue weighted by Crippen LogP contribution is 2.54. The molecule has 0 saturated heterocycles. The van der Waals surface area contributed by atoms with Gasteiger partial charge >= 0.3 is 0 Å². The zero-order chi connectivity index (χ0) is 28.7. The SMILES string of the molecule is CC1(C)c2cc(N(c3ccccc3)c3ccccc3)ccc2-c2c1ccc1c2Oc2cccc3c2B1c1ccccc1O3. The van der Waals surface area contributed by atoms with Crippen molar-refractivity contribution in [1.82, 2.24) is 0 Å². The van der Waals surface area contributed by atoms with Gasteiger partial charge in [0.15, 0.2) is 0 Å². The van der Waals surface area contributed by atoms with E-state index in [9.17, 15) is 0 Å². The van der Waals surface area contributed by atoms with E-state index in [2.05, 4.69) is 140 Å². The first-order valence-electron chi connectivity index (χ1n) is 14.9. The molecular weight excluding hydrogens is 525 g/mol. The molecule has 0 unspecified atom stereocenters. The maximum atomic E-state index is 6.86. The van der Waals surface area contributed by atoms with Crippen LogP contribution < -0.4 is 30.8 Å². The molecule has 9 rings (SSSR count). The molecular formula is C39H28BNO2. The molecule has 1 aliphatic carbocycles. The molecule has 6 aromatic carbocycles. The molecule has 0 saturated carbocycles. The Morgan fingerprint density at radius 3 is 1.93 bits per heavy atom. The highest BCUT2D eigenvalue weighted by Gasteiger charge is 2.45. The van der Waals surface area contributed by atoms with Crippen molar-refractivity contribution in [2.24, 2.45) is 0 Å². The zero-order valence-electron chi connectivity index (χ0n) is 24.0. The number of anilines is 3. The van der Waals surface area contributed by atoms with Crippen molar-refractivity contribution in [3.8, 4) is 34.1 Å². The van der Waals surface area contributed by atoms with E-state index in [0.29, 0.717) is 0 Å². The Kier molecular flexibility index (Phi) is 5.04. The van der Waals surface area contributed by atoms with E-state index in [-0.39, 0.29) is 12.1 Å². The number of para-hydroxylation sites is 3. The Morgan fingerprint density at radius 1 is 0.535 bits per heavy atom. The standard InChI is InChI=1S/C39H28BNO2/c1-39(2)29-22-23-32-38(43-35-19-11-18-34-37(35)40(32)31-16-9-10-17-33(31)42-34)36(29)28-21-20-27(24-30(28)39)41(25-12-5-3-6-13-25)26-14-7-4-8-15-26/h3-24H,1-2H3. The summed E-state index contributed by atoms with van der Waals surface area (Å²) in [5.41, 5.74) is 11.7. The summed E-state index contributed by atoms with van der Waals surface area (Å²) in [7, 11) is 0. The van der Waals surface area contributed by atoms with Gasteiger partial charge in [0, 0.05) is 33.5 Å². The normalized spacial score (nSPS) is 14.3. The van der Waals surface area contributed by atoms with Crippen molar-refractivity contribution in [2.75, 3.05) is 4.90 Å². The molecule has 0 bridgehead atoms. The quantitative estimate of drug-likeness (QED) is 0.206. The second-order valence-electron chi connectivity index (χ2n) is 12.1. The van der Waals surface area contributed by atoms with E-state index < -0.39 is 0 Å². The number of fused-ring (bicyclic) bond motifs is 8. The predicted octanol–water partition coefficient (Wildman–Crippen LogP) is 8.19. The highest BCUT2D eigenvalue weighted by atomic mass is 16.5. The first-order chi connectivity index (χ1) is 21.1. The van der Waals surface area contributed by atoms with Crippen LogP contribution >= 0.6 is 0 Å². The van der Waals surface area contributed by atoms with E-state index in [1.807, 2.05) is 12.1 Å². The van der Waals surface area contributed by atoms with Crippen LogP contribution in [0.5, 0.6) is 23.0 Å². The van der Waals surface area contributed by atoms with Crippen LogP contribution in [-0.4, -0.2) is 6.71 Å². The fourth-order valence-electron chi connectivity index (χ4n) is 7.38. The minimum absolute atomic E-state index is 0.0586. The topological polar surface area (TPSA) is 21.7 Å². The zero-order valence-corrected chi connectivity index (χ0v) is 24.0. The molecule has 0 aromatic heterocycles. The van der Waals surface area contributed by atoms with Gasteiger partial charge in [-0.3, -0.25) is 0 Å². The minimum Gasteiger partial charge on any atom is -0.458 e. The maximum absolute atomic E-state index is 6.86. The number of benzene rings is 6. The second-order valence-corrected chi connectivity index (χ2v) is 12.1. The molecule has 0 N–H and O–H groups in total. The number of hydrogen-bond donors (Lipinski definition) is 0. The summed E-state index contributed by atoms with van der Waals surface area (Å²) >= 11 is 0. The van der Waals surface area contributed by atoms with Crippen LogP contribution in [0.2, 0.25) is 0 Å². The van der Waals surface area contributed by atoms with Crippen molar-refractivity contribution in [3.05, 3.63) is 145 Å². The fourth-order valence-corrected chi connectivity index (χ4v) is 7.38. The summed E-state index contributed by atoms with van der Waals surface area (Å²) in [4.78, 5) is 2.34. The van der Waals surface area contributed by atoms with Crippen LogP contribution in [0.25, 0.3) is 11.1 Å². The summed E-state index contributed by atoms with van der Waals surface area (Å²) in [5, 5.41) is 0. The van der Waals surface area contributed by atoms with Crippen LogP contribution in [0.4, 0.5) is 17.1 Å². The van der Waals surface area contributed by atoms with Crippen LogP contribution in [0, 0.1) is 0 Å². The molecule has 0 atom stereocenters. The van der Waals surface area contributed by atoms with E-state index >= 15 is 0 Å². The molecule has 4 heteroatoms. The lowest BCUT2D eigenvalue weighted by molar-refractivity contribution is 0.465.